The van der Waals surface area contributed by atoms with Crippen LogP contribution in [0.3, 0.4) is 0 Å². The molecule has 0 radical (unpaired) electrons. The first-order valence-electron chi connectivity index (χ1n) is 5.07. The van der Waals surface area contributed by atoms with Crippen LogP contribution in [0.5, 0.6) is 0 Å². The van der Waals surface area contributed by atoms with Gasteiger partial charge in [-0.25, -0.2) is 0 Å². The topological polar surface area (TPSA) is 46.5 Å². The summed E-state index contributed by atoms with van der Waals surface area (Å²) in [6.45, 7) is 2.78. The summed E-state index contributed by atoms with van der Waals surface area (Å²) in [5, 5.41) is 8.48. The number of carbonyl (C=O) groups is 1. The van der Waals surface area contributed by atoms with E-state index in [0.29, 0.717) is 13.0 Å². The van der Waals surface area contributed by atoms with Gasteiger partial charge in [0.15, 0.2) is 0 Å². The lowest BCUT2D eigenvalue weighted by Gasteiger charge is -2.03. The van der Waals surface area contributed by atoms with E-state index in [1.165, 1.54) is 0 Å². The molecule has 0 aromatic rings. The molecule has 3 nitrogen and oxygen atoms in total. The Morgan fingerprint density at radius 1 is 1.23 bits per heavy atom. The van der Waals surface area contributed by atoms with Crippen molar-refractivity contribution >= 4 is 5.97 Å². The van der Waals surface area contributed by atoms with E-state index in [1.807, 2.05) is 0 Å². The van der Waals surface area contributed by atoms with Crippen molar-refractivity contribution in [3.63, 3.8) is 0 Å². The summed E-state index contributed by atoms with van der Waals surface area (Å²) in [5.41, 5.74) is 0. The first-order chi connectivity index (χ1) is 6.31. The third-order valence-corrected chi connectivity index (χ3v) is 1.80. The van der Waals surface area contributed by atoms with Gasteiger partial charge in [0.25, 0.3) is 0 Å². The quantitative estimate of drug-likeness (QED) is 0.467. The fraction of sp³-hybridized carbons (Fsp3) is 0.900. The fourth-order valence-corrected chi connectivity index (χ4v) is 0.970. The molecule has 0 amide bonds. The van der Waals surface area contributed by atoms with Crippen molar-refractivity contribution in [2.45, 2.75) is 45.4 Å². The number of unbranched alkanes of at least 4 members (excludes halogenated alkanes) is 3. The van der Waals surface area contributed by atoms with E-state index < -0.39 is 0 Å². The van der Waals surface area contributed by atoms with Crippen LogP contribution in [0.15, 0.2) is 0 Å². The standard InChI is InChI=1S/C10H20O3/c1-2-3-7-10(12)13-9-6-4-5-8-11/h11H,2-9H2,1H3. The maximum atomic E-state index is 11.0. The van der Waals surface area contributed by atoms with Gasteiger partial charge in [-0.3, -0.25) is 4.79 Å². The molecule has 0 aromatic carbocycles. The Balaban J connectivity index is 3.08. The molecular formula is C10H20O3. The number of ether oxygens (including phenoxy) is 1. The molecule has 0 saturated carbocycles. The summed E-state index contributed by atoms with van der Waals surface area (Å²) in [5.74, 6) is -0.0918. The van der Waals surface area contributed by atoms with Crippen molar-refractivity contribution in [1.29, 1.82) is 0 Å². The van der Waals surface area contributed by atoms with Crippen LogP contribution < -0.4 is 0 Å². The number of hydrogen-bond donors (Lipinski definition) is 1. The van der Waals surface area contributed by atoms with Gasteiger partial charge in [0, 0.05) is 13.0 Å². The lowest BCUT2D eigenvalue weighted by Crippen LogP contribution is -2.05. The second kappa shape index (κ2) is 9.52. The zero-order valence-electron chi connectivity index (χ0n) is 8.42. The average molecular weight is 188 g/mol. The number of aliphatic hydroxyl groups excluding tert-OH is 1. The highest BCUT2D eigenvalue weighted by molar-refractivity contribution is 5.69. The summed E-state index contributed by atoms with van der Waals surface area (Å²) in [6, 6.07) is 0. The molecule has 0 rings (SSSR count). The minimum Gasteiger partial charge on any atom is -0.466 e. The molecule has 0 heterocycles. The highest BCUT2D eigenvalue weighted by Crippen LogP contribution is 1.99. The number of esters is 1. The maximum absolute atomic E-state index is 11.0. The molecule has 0 aromatic heterocycles. The van der Waals surface area contributed by atoms with Crippen LogP contribution in [-0.4, -0.2) is 24.3 Å². The zero-order chi connectivity index (χ0) is 9.94. The largest absolute Gasteiger partial charge is 0.466 e. The Morgan fingerprint density at radius 3 is 2.62 bits per heavy atom. The van der Waals surface area contributed by atoms with Crippen molar-refractivity contribution in [3.05, 3.63) is 0 Å². The Labute approximate surface area is 80.1 Å². The van der Waals surface area contributed by atoms with Crippen LogP contribution in [0, 0.1) is 0 Å². The SMILES string of the molecule is CCCCC(=O)OCCCCCO. The lowest BCUT2D eigenvalue weighted by atomic mass is 10.2. The van der Waals surface area contributed by atoms with Crippen molar-refractivity contribution in [2.24, 2.45) is 0 Å². The van der Waals surface area contributed by atoms with Gasteiger partial charge in [0.2, 0.25) is 0 Å². The maximum Gasteiger partial charge on any atom is 0.305 e. The molecule has 0 atom stereocenters. The molecule has 78 valence electrons. The summed E-state index contributed by atoms with van der Waals surface area (Å²) in [7, 11) is 0. The Bertz CT molecular complexity index is 123. The summed E-state index contributed by atoms with van der Waals surface area (Å²) >= 11 is 0. The van der Waals surface area contributed by atoms with E-state index in [1.54, 1.807) is 0 Å². The van der Waals surface area contributed by atoms with Gasteiger partial charge in [0.05, 0.1) is 6.61 Å². The molecule has 0 unspecified atom stereocenters. The van der Waals surface area contributed by atoms with E-state index in [4.69, 9.17) is 9.84 Å². The molecule has 1 N–H and O–H groups in total. The third-order valence-electron chi connectivity index (χ3n) is 1.80. The van der Waals surface area contributed by atoms with E-state index in [-0.39, 0.29) is 12.6 Å². The molecular weight excluding hydrogens is 168 g/mol. The summed E-state index contributed by atoms with van der Waals surface area (Å²) in [6.07, 6.45) is 5.06. The predicted octanol–water partition coefficient (Wildman–Crippen LogP) is 1.88. The Kier molecular flexibility index (Phi) is 9.10. The van der Waals surface area contributed by atoms with Crippen LogP contribution in [0.4, 0.5) is 0 Å². The van der Waals surface area contributed by atoms with E-state index in [0.717, 1.165) is 32.1 Å². The van der Waals surface area contributed by atoms with Gasteiger partial charge in [-0.05, 0) is 25.7 Å². The number of aliphatic hydroxyl groups is 1. The van der Waals surface area contributed by atoms with Gasteiger partial charge in [-0.2, -0.15) is 0 Å². The van der Waals surface area contributed by atoms with Crippen molar-refractivity contribution < 1.29 is 14.6 Å². The monoisotopic (exact) mass is 188 g/mol. The van der Waals surface area contributed by atoms with Gasteiger partial charge in [-0.15, -0.1) is 0 Å². The van der Waals surface area contributed by atoms with Crippen molar-refractivity contribution in [1.82, 2.24) is 0 Å². The predicted molar refractivity (Wildman–Crippen MR) is 51.4 cm³/mol. The second-order valence-corrected chi connectivity index (χ2v) is 3.11. The number of carbonyl (C=O) groups excluding carboxylic acids is 1. The highest BCUT2D eigenvalue weighted by Gasteiger charge is 2.00. The molecule has 0 aliphatic carbocycles. The highest BCUT2D eigenvalue weighted by atomic mass is 16.5. The molecule has 0 bridgehead atoms. The van der Waals surface area contributed by atoms with E-state index >= 15 is 0 Å². The first-order valence-corrected chi connectivity index (χ1v) is 5.07. The van der Waals surface area contributed by atoms with E-state index in [2.05, 4.69) is 6.92 Å². The van der Waals surface area contributed by atoms with Crippen LogP contribution >= 0.6 is 0 Å². The zero-order valence-corrected chi connectivity index (χ0v) is 8.42. The van der Waals surface area contributed by atoms with Crippen molar-refractivity contribution in [3.8, 4) is 0 Å². The molecule has 0 saturated heterocycles. The third kappa shape index (κ3) is 9.34. The first kappa shape index (κ1) is 12.4. The van der Waals surface area contributed by atoms with Crippen LogP contribution in [0.2, 0.25) is 0 Å². The van der Waals surface area contributed by atoms with Crippen LogP contribution in [0.25, 0.3) is 0 Å². The molecule has 0 aliphatic heterocycles. The minimum absolute atomic E-state index is 0.0918. The van der Waals surface area contributed by atoms with Gasteiger partial charge in [0.1, 0.15) is 0 Å². The second-order valence-electron chi connectivity index (χ2n) is 3.11. The van der Waals surface area contributed by atoms with Crippen LogP contribution in [0.1, 0.15) is 45.4 Å². The smallest absolute Gasteiger partial charge is 0.305 e. The summed E-state index contributed by atoms with van der Waals surface area (Å²) < 4.78 is 4.97. The Hall–Kier alpha value is -0.570. The number of hydrogen-bond acceptors (Lipinski definition) is 3. The van der Waals surface area contributed by atoms with Gasteiger partial charge >= 0.3 is 5.97 Å². The molecule has 13 heavy (non-hydrogen) atoms. The normalized spacial score (nSPS) is 10.0. The molecule has 3 heteroatoms. The lowest BCUT2D eigenvalue weighted by molar-refractivity contribution is -0.143. The molecule has 0 fully saturated rings. The fourth-order valence-electron chi connectivity index (χ4n) is 0.970. The van der Waals surface area contributed by atoms with Gasteiger partial charge < -0.3 is 9.84 Å². The average Bonchev–Trinajstić information content (AvgIpc) is 2.14. The van der Waals surface area contributed by atoms with Crippen molar-refractivity contribution in [2.75, 3.05) is 13.2 Å². The van der Waals surface area contributed by atoms with Crippen LogP contribution in [-0.2, 0) is 9.53 Å². The van der Waals surface area contributed by atoms with E-state index in [9.17, 15) is 4.79 Å². The molecule has 0 aliphatic rings. The molecule has 0 spiro atoms. The van der Waals surface area contributed by atoms with Gasteiger partial charge in [-0.1, -0.05) is 13.3 Å². The minimum atomic E-state index is -0.0918. The summed E-state index contributed by atoms with van der Waals surface area (Å²) in [4.78, 5) is 11.0. The number of rotatable bonds is 8. The Morgan fingerprint density at radius 2 is 2.00 bits per heavy atom.